The molecule has 1 N–H and O–H groups in total. The molecule has 5 nitrogen and oxygen atoms in total. The quantitative estimate of drug-likeness (QED) is 0.942. The van der Waals surface area contributed by atoms with Crippen LogP contribution in [0.3, 0.4) is 0 Å². The average Bonchev–Trinajstić information content (AvgIpc) is 3.21. The Morgan fingerprint density at radius 2 is 1.83 bits per heavy atom. The highest BCUT2D eigenvalue weighted by atomic mass is 16.7. The summed E-state index contributed by atoms with van der Waals surface area (Å²) in [6, 6.07) is 12.9. The lowest BCUT2D eigenvalue weighted by Crippen LogP contribution is -2.39. The second-order valence-corrected chi connectivity index (χ2v) is 6.39. The summed E-state index contributed by atoms with van der Waals surface area (Å²) in [7, 11) is 0. The average molecular weight is 313 g/mol. The molecule has 1 saturated heterocycles. The number of hydrogen-bond donors (Lipinski definition) is 1. The van der Waals surface area contributed by atoms with E-state index in [1.807, 2.05) is 16.9 Å². The monoisotopic (exact) mass is 313 g/mol. The summed E-state index contributed by atoms with van der Waals surface area (Å²) in [5.74, 6) is 0.797. The summed E-state index contributed by atoms with van der Waals surface area (Å²) in [4.78, 5) is 0. The topological polar surface area (TPSA) is 48.3 Å². The smallest absolute Gasteiger partial charge is 0.168 e. The molecule has 2 aromatic rings. The molecular formula is C18H23N3O2. The second-order valence-electron chi connectivity index (χ2n) is 6.39. The molecular weight excluding hydrogens is 290 g/mol. The van der Waals surface area contributed by atoms with Crippen molar-refractivity contribution >= 4 is 5.82 Å². The molecule has 1 aromatic carbocycles. The van der Waals surface area contributed by atoms with Gasteiger partial charge in [0, 0.05) is 24.9 Å². The largest absolute Gasteiger partial charge is 0.368 e. The molecule has 2 fully saturated rings. The number of ether oxygens (including phenoxy) is 2. The minimum Gasteiger partial charge on any atom is -0.368 e. The number of nitrogens with zero attached hydrogens (tertiary/aromatic N) is 2. The van der Waals surface area contributed by atoms with Gasteiger partial charge in [-0.1, -0.05) is 30.3 Å². The molecule has 1 aliphatic carbocycles. The normalized spacial score (nSPS) is 20.9. The lowest BCUT2D eigenvalue weighted by Gasteiger charge is -2.35. The van der Waals surface area contributed by atoms with E-state index in [1.165, 1.54) is 5.56 Å². The van der Waals surface area contributed by atoms with Crippen molar-refractivity contribution in [2.24, 2.45) is 0 Å². The molecule has 0 radical (unpaired) electrons. The van der Waals surface area contributed by atoms with Gasteiger partial charge in [-0.2, -0.15) is 5.10 Å². The molecule has 2 heterocycles. The van der Waals surface area contributed by atoms with Gasteiger partial charge in [0.05, 0.1) is 26.0 Å². The van der Waals surface area contributed by atoms with Gasteiger partial charge in [0.1, 0.15) is 5.82 Å². The summed E-state index contributed by atoms with van der Waals surface area (Å²) in [5, 5.41) is 8.10. The van der Waals surface area contributed by atoms with Crippen LogP contribution in [-0.2, 0) is 16.0 Å². The van der Waals surface area contributed by atoms with Crippen LogP contribution in [-0.4, -0.2) is 34.8 Å². The van der Waals surface area contributed by atoms with Crippen LogP contribution in [0.15, 0.2) is 42.6 Å². The Hall–Kier alpha value is -1.85. The highest BCUT2D eigenvalue weighted by Gasteiger charge is 2.40. The van der Waals surface area contributed by atoms with Crippen molar-refractivity contribution in [1.29, 1.82) is 0 Å². The molecule has 1 aromatic heterocycles. The molecule has 0 bridgehead atoms. The summed E-state index contributed by atoms with van der Waals surface area (Å²) in [6.07, 6.45) is 5.93. The van der Waals surface area contributed by atoms with Gasteiger partial charge in [0.2, 0.25) is 0 Å². The van der Waals surface area contributed by atoms with E-state index in [0.717, 1.165) is 51.3 Å². The molecule has 2 aliphatic rings. The van der Waals surface area contributed by atoms with E-state index in [-0.39, 0.29) is 5.79 Å². The standard InChI is InChI=1S/C18H23N3O2/c1-2-4-15(5-3-1)14-21-17(8-11-19-21)20-16-6-9-18(10-7-16)22-12-13-23-18/h1-5,8,11,16,20H,6-7,9-10,12-14H2. The molecule has 1 saturated carbocycles. The highest BCUT2D eigenvalue weighted by molar-refractivity contribution is 5.36. The van der Waals surface area contributed by atoms with Gasteiger partial charge < -0.3 is 14.8 Å². The van der Waals surface area contributed by atoms with Crippen molar-refractivity contribution in [2.45, 2.75) is 44.1 Å². The molecule has 122 valence electrons. The zero-order valence-electron chi connectivity index (χ0n) is 13.3. The predicted molar refractivity (Wildman–Crippen MR) is 88.3 cm³/mol. The van der Waals surface area contributed by atoms with E-state index in [0.29, 0.717) is 6.04 Å². The summed E-state index contributed by atoms with van der Waals surface area (Å²) in [5.41, 5.74) is 1.26. The number of nitrogens with one attached hydrogen (secondary N) is 1. The zero-order chi connectivity index (χ0) is 15.5. The first-order chi connectivity index (χ1) is 11.3. The number of hydrogen-bond acceptors (Lipinski definition) is 4. The van der Waals surface area contributed by atoms with Gasteiger partial charge in [-0.15, -0.1) is 0 Å². The SMILES string of the molecule is c1ccc(Cn2nccc2NC2CCC3(CC2)OCCO3)cc1. The van der Waals surface area contributed by atoms with E-state index in [9.17, 15) is 0 Å². The number of anilines is 1. The zero-order valence-corrected chi connectivity index (χ0v) is 13.3. The molecule has 5 heteroatoms. The first-order valence-corrected chi connectivity index (χ1v) is 8.43. The Labute approximate surface area is 136 Å². The Bertz CT molecular complexity index is 625. The Morgan fingerprint density at radius 1 is 1.09 bits per heavy atom. The first kappa shape index (κ1) is 14.7. The minimum absolute atomic E-state index is 0.289. The number of aromatic nitrogens is 2. The van der Waals surface area contributed by atoms with Gasteiger partial charge >= 0.3 is 0 Å². The summed E-state index contributed by atoms with van der Waals surface area (Å²) < 4.78 is 13.6. The van der Waals surface area contributed by atoms with E-state index < -0.39 is 0 Å². The van der Waals surface area contributed by atoms with E-state index >= 15 is 0 Å². The Kier molecular flexibility index (Phi) is 4.06. The van der Waals surface area contributed by atoms with Gasteiger partial charge in [-0.05, 0) is 18.4 Å². The van der Waals surface area contributed by atoms with Crippen LogP contribution in [0.5, 0.6) is 0 Å². The fraction of sp³-hybridized carbons (Fsp3) is 0.500. The molecule has 1 spiro atoms. The van der Waals surface area contributed by atoms with E-state index in [4.69, 9.17) is 9.47 Å². The van der Waals surface area contributed by atoms with Crippen molar-refractivity contribution in [1.82, 2.24) is 9.78 Å². The third-order valence-corrected chi connectivity index (χ3v) is 4.80. The van der Waals surface area contributed by atoms with Crippen LogP contribution in [0.1, 0.15) is 31.2 Å². The predicted octanol–water partition coefficient (Wildman–Crippen LogP) is 3.03. The van der Waals surface area contributed by atoms with Crippen molar-refractivity contribution in [2.75, 3.05) is 18.5 Å². The van der Waals surface area contributed by atoms with Crippen LogP contribution in [0, 0.1) is 0 Å². The van der Waals surface area contributed by atoms with Crippen molar-refractivity contribution in [3.8, 4) is 0 Å². The summed E-state index contributed by atoms with van der Waals surface area (Å²) >= 11 is 0. The third-order valence-electron chi connectivity index (χ3n) is 4.80. The van der Waals surface area contributed by atoms with Crippen LogP contribution >= 0.6 is 0 Å². The highest BCUT2D eigenvalue weighted by Crippen LogP contribution is 2.36. The molecule has 0 atom stereocenters. The van der Waals surface area contributed by atoms with Crippen LogP contribution in [0.25, 0.3) is 0 Å². The van der Waals surface area contributed by atoms with Crippen molar-refractivity contribution < 1.29 is 9.47 Å². The van der Waals surface area contributed by atoms with E-state index in [2.05, 4.69) is 40.7 Å². The third kappa shape index (κ3) is 3.26. The molecule has 23 heavy (non-hydrogen) atoms. The fourth-order valence-corrected chi connectivity index (χ4v) is 3.53. The molecule has 0 unspecified atom stereocenters. The Balaban J connectivity index is 1.37. The van der Waals surface area contributed by atoms with Crippen molar-refractivity contribution in [3.05, 3.63) is 48.2 Å². The molecule has 4 rings (SSSR count). The van der Waals surface area contributed by atoms with Gasteiger partial charge in [0.15, 0.2) is 5.79 Å². The lowest BCUT2D eigenvalue weighted by molar-refractivity contribution is -0.177. The van der Waals surface area contributed by atoms with Gasteiger partial charge in [0.25, 0.3) is 0 Å². The van der Waals surface area contributed by atoms with Crippen LogP contribution in [0.4, 0.5) is 5.82 Å². The summed E-state index contributed by atoms with van der Waals surface area (Å²) in [6.45, 7) is 2.27. The Morgan fingerprint density at radius 3 is 2.57 bits per heavy atom. The number of benzene rings is 1. The minimum atomic E-state index is -0.289. The number of rotatable bonds is 4. The maximum Gasteiger partial charge on any atom is 0.168 e. The lowest BCUT2D eigenvalue weighted by atomic mass is 9.90. The first-order valence-electron chi connectivity index (χ1n) is 8.43. The maximum atomic E-state index is 5.80. The second kappa shape index (κ2) is 6.34. The van der Waals surface area contributed by atoms with E-state index in [1.54, 1.807) is 0 Å². The van der Waals surface area contributed by atoms with Gasteiger partial charge in [-0.3, -0.25) is 0 Å². The fourth-order valence-electron chi connectivity index (χ4n) is 3.53. The molecule has 1 aliphatic heterocycles. The van der Waals surface area contributed by atoms with Crippen LogP contribution in [0.2, 0.25) is 0 Å². The maximum absolute atomic E-state index is 5.80. The molecule has 0 amide bonds. The van der Waals surface area contributed by atoms with Crippen LogP contribution < -0.4 is 5.32 Å². The van der Waals surface area contributed by atoms with Gasteiger partial charge in [-0.25, -0.2) is 4.68 Å². The van der Waals surface area contributed by atoms with Crippen molar-refractivity contribution in [3.63, 3.8) is 0 Å².